The number of carbonyl (C=O) groups excluding carboxylic acids is 1. The lowest BCUT2D eigenvalue weighted by Gasteiger charge is -2.30. The Hall–Kier alpha value is -2.48. The molecule has 30 heavy (non-hydrogen) atoms. The molecule has 1 atom stereocenters. The number of hydrogen-bond donors (Lipinski definition) is 1. The van der Waals surface area contributed by atoms with Gasteiger partial charge in [0.2, 0.25) is 17.6 Å². The van der Waals surface area contributed by atoms with E-state index in [4.69, 9.17) is 27.7 Å². The van der Waals surface area contributed by atoms with E-state index in [1.54, 1.807) is 30.3 Å². The predicted octanol–water partition coefficient (Wildman–Crippen LogP) is 5.00. The molecule has 0 aliphatic carbocycles. The number of nitrogens with one attached hydrogen (secondary N) is 1. The molecule has 1 unspecified atom stereocenters. The van der Waals surface area contributed by atoms with E-state index in [1.807, 2.05) is 4.90 Å². The van der Waals surface area contributed by atoms with Crippen LogP contribution in [-0.2, 0) is 4.79 Å². The largest absolute Gasteiger partial charge is 0.339 e. The third kappa shape index (κ3) is 4.98. The highest BCUT2D eigenvalue weighted by atomic mass is 35.5. The van der Waals surface area contributed by atoms with E-state index in [2.05, 4.69) is 15.5 Å². The van der Waals surface area contributed by atoms with Gasteiger partial charge in [-0.1, -0.05) is 40.5 Å². The van der Waals surface area contributed by atoms with E-state index < -0.39 is 0 Å². The van der Waals surface area contributed by atoms with E-state index >= 15 is 0 Å². The van der Waals surface area contributed by atoms with Gasteiger partial charge in [0.25, 0.3) is 0 Å². The number of rotatable bonds is 5. The summed E-state index contributed by atoms with van der Waals surface area (Å²) < 4.78 is 18.9. The van der Waals surface area contributed by atoms with Gasteiger partial charge in [0, 0.05) is 17.1 Å². The van der Waals surface area contributed by atoms with Crippen LogP contribution < -0.4 is 5.32 Å². The number of amides is 1. The zero-order valence-electron chi connectivity index (χ0n) is 15.9. The van der Waals surface area contributed by atoms with Crippen molar-refractivity contribution in [3.05, 3.63) is 64.2 Å². The van der Waals surface area contributed by atoms with E-state index in [0.29, 0.717) is 39.6 Å². The van der Waals surface area contributed by atoms with Crippen molar-refractivity contribution in [1.29, 1.82) is 0 Å². The number of benzene rings is 2. The number of likely N-dealkylation sites (tertiary alicyclic amines) is 1. The van der Waals surface area contributed by atoms with Crippen LogP contribution in [0.2, 0.25) is 10.0 Å². The van der Waals surface area contributed by atoms with E-state index in [-0.39, 0.29) is 24.2 Å². The molecule has 1 N–H and O–H groups in total. The van der Waals surface area contributed by atoms with Gasteiger partial charge in [-0.15, -0.1) is 0 Å². The summed E-state index contributed by atoms with van der Waals surface area (Å²) in [5, 5.41) is 7.71. The number of anilines is 1. The average molecular weight is 449 g/mol. The van der Waals surface area contributed by atoms with Gasteiger partial charge >= 0.3 is 0 Å². The third-order valence-corrected chi connectivity index (χ3v) is 5.51. The lowest BCUT2D eigenvalue weighted by atomic mass is 9.98. The van der Waals surface area contributed by atoms with Gasteiger partial charge in [0.1, 0.15) is 5.82 Å². The van der Waals surface area contributed by atoms with Crippen LogP contribution in [0.4, 0.5) is 10.1 Å². The number of halogens is 3. The van der Waals surface area contributed by atoms with Crippen LogP contribution in [-0.4, -0.2) is 40.6 Å². The van der Waals surface area contributed by atoms with Crippen molar-refractivity contribution in [1.82, 2.24) is 15.0 Å². The fraction of sp³-hybridized carbons (Fsp3) is 0.286. The maximum absolute atomic E-state index is 13.4. The third-order valence-electron chi connectivity index (χ3n) is 4.95. The van der Waals surface area contributed by atoms with E-state index in [1.165, 1.54) is 12.1 Å². The predicted molar refractivity (Wildman–Crippen MR) is 113 cm³/mol. The number of aromatic nitrogens is 2. The molecule has 156 valence electrons. The molecule has 4 rings (SSSR count). The second-order valence-corrected chi connectivity index (χ2v) is 8.06. The topological polar surface area (TPSA) is 71.3 Å². The standard InChI is InChI=1S/C21H19Cl2FN4O2/c22-15-6-7-17(23)18(10-15)25-19(29)12-28-8-2-4-14(11-28)21-26-20(27-30-21)13-3-1-5-16(24)9-13/h1,3,5-7,9-10,14H,2,4,8,11-12H2,(H,25,29). The molecule has 2 heterocycles. The first kappa shape index (κ1) is 20.8. The van der Waals surface area contributed by atoms with Crippen molar-refractivity contribution in [3.63, 3.8) is 0 Å². The highest BCUT2D eigenvalue weighted by Crippen LogP contribution is 2.28. The number of carbonyl (C=O) groups is 1. The zero-order chi connectivity index (χ0) is 21.1. The first-order valence-electron chi connectivity index (χ1n) is 9.55. The van der Waals surface area contributed by atoms with Gasteiger partial charge in [-0.05, 0) is 49.7 Å². The van der Waals surface area contributed by atoms with Crippen LogP contribution in [0.1, 0.15) is 24.7 Å². The Morgan fingerprint density at radius 3 is 2.97 bits per heavy atom. The van der Waals surface area contributed by atoms with Crippen molar-refractivity contribution in [3.8, 4) is 11.4 Å². The normalized spacial score (nSPS) is 17.1. The molecule has 1 saturated heterocycles. The van der Waals surface area contributed by atoms with Crippen LogP contribution in [0.3, 0.4) is 0 Å². The molecule has 1 amide bonds. The van der Waals surface area contributed by atoms with Crippen molar-refractivity contribution >= 4 is 34.8 Å². The van der Waals surface area contributed by atoms with Crippen LogP contribution in [0, 0.1) is 5.82 Å². The summed E-state index contributed by atoms with van der Waals surface area (Å²) in [6.07, 6.45) is 1.77. The van der Waals surface area contributed by atoms with Crippen molar-refractivity contribution < 1.29 is 13.7 Å². The Bertz CT molecular complexity index is 1060. The Balaban J connectivity index is 1.39. The van der Waals surface area contributed by atoms with Gasteiger partial charge in [0.05, 0.1) is 23.2 Å². The lowest BCUT2D eigenvalue weighted by molar-refractivity contribution is -0.117. The van der Waals surface area contributed by atoms with Gasteiger partial charge in [-0.3, -0.25) is 9.69 Å². The second kappa shape index (κ2) is 9.12. The maximum Gasteiger partial charge on any atom is 0.238 e. The van der Waals surface area contributed by atoms with Gasteiger partial charge in [-0.2, -0.15) is 4.98 Å². The van der Waals surface area contributed by atoms with Gasteiger partial charge in [0.15, 0.2) is 0 Å². The smallest absolute Gasteiger partial charge is 0.238 e. The minimum absolute atomic E-state index is 0.0103. The van der Waals surface area contributed by atoms with Crippen molar-refractivity contribution in [2.75, 3.05) is 25.0 Å². The zero-order valence-corrected chi connectivity index (χ0v) is 17.5. The van der Waals surface area contributed by atoms with Crippen LogP contribution in [0.5, 0.6) is 0 Å². The Kier molecular flexibility index (Phi) is 6.32. The molecule has 1 aromatic heterocycles. The molecule has 1 aliphatic heterocycles. The van der Waals surface area contributed by atoms with Crippen LogP contribution in [0.15, 0.2) is 47.0 Å². The summed E-state index contributed by atoms with van der Waals surface area (Å²) in [5.41, 5.74) is 1.05. The lowest BCUT2D eigenvalue weighted by Crippen LogP contribution is -2.39. The van der Waals surface area contributed by atoms with Gasteiger partial charge in [-0.25, -0.2) is 4.39 Å². The average Bonchev–Trinajstić information content (AvgIpc) is 3.21. The van der Waals surface area contributed by atoms with Crippen molar-refractivity contribution in [2.45, 2.75) is 18.8 Å². The second-order valence-electron chi connectivity index (χ2n) is 7.21. The van der Waals surface area contributed by atoms with Crippen molar-refractivity contribution in [2.24, 2.45) is 0 Å². The number of nitrogens with zero attached hydrogens (tertiary/aromatic N) is 3. The summed E-state index contributed by atoms with van der Waals surface area (Å²) in [6.45, 7) is 1.61. The summed E-state index contributed by atoms with van der Waals surface area (Å²) in [7, 11) is 0. The fourth-order valence-electron chi connectivity index (χ4n) is 3.53. The minimum atomic E-state index is -0.353. The molecule has 0 saturated carbocycles. The highest BCUT2D eigenvalue weighted by molar-refractivity contribution is 6.35. The number of piperidine rings is 1. The summed E-state index contributed by atoms with van der Waals surface area (Å²) in [5.74, 6) is 0.336. The molecule has 0 bridgehead atoms. The Morgan fingerprint density at radius 1 is 1.27 bits per heavy atom. The molecule has 1 aliphatic rings. The summed E-state index contributed by atoms with van der Waals surface area (Å²) in [6, 6.07) is 11.0. The Morgan fingerprint density at radius 2 is 2.13 bits per heavy atom. The van der Waals surface area contributed by atoms with Crippen LogP contribution >= 0.6 is 23.2 Å². The SMILES string of the molecule is O=C(CN1CCCC(c2nc(-c3cccc(F)c3)no2)C1)Nc1cc(Cl)ccc1Cl. The molecule has 9 heteroatoms. The quantitative estimate of drug-likeness (QED) is 0.594. The van der Waals surface area contributed by atoms with E-state index in [9.17, 15) is 9.18 Å². The molecule has 1 fully saturated rings. The molecular formula is C21H19Cl2FN4O2. The maximum atomic E-state index is 13.4. The molecule has 0 spiro atoms. The molecule has 6 nitrogen and oxygen atoms in total. The van der Waals surface area contributed by atoms with Crippen LogP contribution in [0.25, 0.3) is 11.4 Å². The van der Waals surface area contributed by atoms with E-state index in [0.717, 1.165) is 19.4 Å². The molecule has 2 aromatic carbocycles. The minimum Gasteiger partial charge on any atom is -0.339 e. The first-order chi connectivity index (χ1) is 14.5. The summed E-state index contributed by atoms with van der Waals surface area (Å²) >= 11 is 12.1. The first-order valence-corrected chi connectivity index (χ1v) is 10.3. The fourth-order valence-corrected chi connectivity index (χ4v) is 3.87. The molecule has 3 aromatic rings. The monoisotopic (exact) mass is 448 g/mol. The molecular weight excluding hydrogens is 430 g/mol. The highest BCUT2D eigenvalue weighted by Gasteiger charge is 2.27. The summed E-state index contributed by atoms with van der Waals surface area (Å²) in [4.78, 5) is 18.9. The van der Waals surface area contributed by atoms with Gasteiger partial charge < -0.3 is 9.84 Å². The number of hydrogen-bond acceptors (Lipinski definition) is 5. The molecule has 0 radical (unpaired) electrons. The Labute approximate surface area is 183 Å².